The summed E-state index contributed by atoms with van der Waals surface area (Å²) in [4.78, 5) is 14.8. The van der Waals surface area contributed by atoms with Crippen molar-refractivity contribution in [3.63, 3.8) is 0 Å². The summed E-state index contributed by atoms with van der Waals surface area (Å²) >= 11 is 15.5. The highest BCUT2D eigenvalue weighted by molar-refractivity contribution is 9.10. The first-order valence-electron chi connectivity index (χ1n) is 10.5. The monoisotopic (exact) mass is 545 g/mol. The predicted molar refractivity (Wildman–Crippen MR) is 138 cm³/mol. The molecule has 33 heavy (non-hydrogen) atoms. The van der Waals surface area contributed by atoms with E-state index in [-0.39, 0.29) is 5.91 Å². The van der Waals surface area contributed by atoms with Gasteiger partial charge in [0.2, 0.25) is 0 Å². The van der Waals surface area contributed by atoms with E-state index < -0.39 is 0 Å². The van der Waals surface area contributed by atoms with Crippen LogP contribution in [0, 0.1) is 0 Å². The van der Waals surface area contributed by atoms with Gasteiger partial charge in [-0.15, -0.1) is 0 Å². The van der Waals surface area contributed by atoms with E-state index in [1.807, 2.05) is 48.5 Å². The molecular formula is C25H22BrCl2N3O2. The van der Waals surface area contributed by atoms with E-state index in [0.717, 1.165) is 28.8 Å². The van der Waals surface area contributed by atoms with Gasteiger partial charge in [-0.25, -0.2) is 5.43 Å². The van der Waals surface area contributed by atoms with Crippen molar-refractivity contribution in [2.75, 3.05) is 18.0 Å². The molecule has 1 amide bonds. The van der Waals surface area contributed by atoms with Crippen LogP contribution in [-0.4, -0.2) is 25.2 Å². The fraction of sp³-hybridized carbons (Fsp3) is 0.200. The molecule has 1 heterocycles. The number of hydrogen-bond acceptors (Lipinski definition) is 4. The first-order chi connectivity index (χ1) is 16.0. The number of hydrogen-bond donors (Lipinski definition) is 1. The zero-order chi connectivity index (χ0) is 23.2. The van der Waals surface area contributed by atoms with Gasteiger partial charge in [-0.1, -0.05) is 45.2 Å². The average molecular weight is 547 g/mol. The molecule has 4 rings (SSSR count). The Labute approximate surface area is 211 Å². The van der Waals surface area contributed by atoms with Crippen molar-refractivity contribution in [3.05, 3.63) is 91.9 Å². The number of rotatable bonds is 7. The lowest BCUT2D eigenvalue weighted by Crippen LogP contribution is -2.19. The van der Waals surface area contributed by atoms with Crippen LogP contribution in [0.15, 0.2) is 70.2 Å². The summed E-state index contributed by atoms with van der Waals surface area (Å²) < 4.78 is 6.82. The lowest BCUT2D eigenvalue weighted by molar-refractivity contribution is 0.0955. The number of anilines is 1. The van der Waals surface area contributed by atoms with E-state index in [9.17, 15) is 4.79 Å². The Morgan fingerprint density at radius 3 is 2.52 bits per heavy atom. The van der Waals surface area contributed by atoms with Crippen molar-refractivity contribution >= 4 is 56.9 Å². The third-order valence-electron chi connectivity index (χ3n) is 5.32. The summed E-state index contributed by atoms with van der Waals surface area (Å²) in [7, 11) is 0. The van der Waals surface area contributed by atoms with Crippen LogP contribution in [-0.2, 0) is 6.61 Å². The van der Waals surface area contributed by atoms with Gasteiger partial charge < -0.3 is 9.64 Å². The Morgan fingerprint density at radius 2 is 1.79 bits per heavy atom. The first kappa shape index (κ1) is 23.6. The van der Waals surface area contributed by atoms with Crippen molar-refractivity contribution in [3.8, 4) is 5.75 Å². The van der Waals surface area contributed by atoms with Crippen LogP contribution in [0.4, 0.5) is 5.69 Å². The van der Waals surface area contributed by atoms with Crippen LogP contribution in [0.25, 0.3) is 0 Å². The number of nitrogens with one attached hydrogen (secondary N) is 1. The van der Waals surface area contributed by atoms with Crippen LogP contribution < -0.4 is 15.1 Å². The van der Waals surface area contributed by atoms with Gasteiger partial charge in [0, 0.05) is 34.4 Å². The van der Waals surface area contributed by atoms with Crippen molar-refractivity contribution in [1.29, 1.82) is 0 Å². The molecular weight excluding hydrogens is 525 g/mol. The molecule has 8 heteroatoms. The van der Waals surface area contributed by atoms with E-state index in [1.165, 1.54) is 12.8 Å². The van der Waals surface area contributed by atoms with Gasteiger partial charge in [0.15, 0.2) is 0 Å². The van der Waals surface area contributed by atoms with Crippen molar-refractivity contribution < 1.29 is 9.53 Å². The topological polar surface area (TPSA) is 53.9 Å². The quantitative estimate of drug-likeness (QED) is 0.265. The van der Waals surface area contributed by atoms with Gasteiger partial charge in [-0.2, -0.15) is 5.10 Å². The summed E-state index contributed by atoms with van der Waals surface area (Å²) in [5.41, 5.74) is 5.89. The summed E-state index contributed by atoms with van der Waals surface area (Å²) in [5, 5.41) is 5.10. The second-order valence-electron chi connectivity index (χ2n) is 7.66. The van der Waals surface area contributed by atoms with Gasteiger partial charge in [-0.05, 0) is 73.0 Å². The van der Waals surface area contributed by atoms with E-state index in [0.29, 0.717) is 33.5 Å². The van der Waals surface area contributed by atoms with Crippen LogP contribution in [0.2, 0.25) is 10.0 Å². The molecule has 0 bridgehead atoms. The number of carbonyl (C=O) groups is 1. The van der Waals surface area contributed by atoms with E-state index >= 15 is 0 Å². The highest BCUT2D eigenvalue weighted by Gasteiger charge is 2.13. The zero-order valence-electron chi connectivity index (χ0n) is 17.7. The van der Waals surface area contributed by atoms with Crippen LogP contribution in [0.3, 0.4) is 0 Å². The first-order valence-corrected chi connectivity index (χ1v) is 12.1. The van der Waals surface area contributed by atoms with Gasteiger partial charge in [0.25, 0.3) is 5.91 Å². The SMILES string of the molecule is O=C(N/N=C\c1cc(Br)ccc1OCc1ccc(Cl)c(Cl)c1)c1ccc(N2CCCC2)cc1. The third kappa shape index (κ3) is 6.28. The third-order valence-corrected chi connectivity index (χ3v) is 6.55. The van der Waals surface area contributed by atoms with Gasteiger partial charge in [0.05, 0.1) is 16.3 Å². The smallest absolute Gasteiger partial charge is 0.271 e. The largest absolute Gasteiger partial charge is 0.488 e. The molecule has 3 aromatic rings. The number of hydrazone groups is 1. The fourth-order valence-electron chi connectivity index (χ4n) is 3.57. The van der Waals surface area contributed by atoms with Gasteiger partial charge in [0.1, 0.15) is 12.4 Å². The lowest BCUT2D eigenvalue weighted by atomic mass is 10.2. The summed E-state index contributed by atoms with van der Waals surface area (Å²) in [6.07, 6.45) is 3.99. The molecule has 170 valence electrons. The Balaban J connectivity index is 1.39. The molecule has 0 aliphatic carbocycles. The highest BCUT2D eigenvalue weighted by atomic mass is 79.9. The fourth-order valence-corrected chi connectivity index (χ4v) is 4.27. The molecule has 0 aromatic heterocycles. The standard InChI is InChI=1S/C25H22BrCl2N3O2/c26-20-6-10-24(33-16-17-3-9-22(27)23(28)13-17)19(14-20)15-29-30-25(32)18-4-7-21(8-5-18)31-11-1-2-12-31/h3-10,13-15H,1-2,11-12,16H2,(H,30,32)/b29-15-. The molecule has 1 aliphatic rings. The summed E-state index contributed by atoms with van der Waals surface area (Å²) in [5.74, 6) is 0.352. The Morgan fingerprint density at radius 1 is 1.03 bits per heavy atom. The molecule has 0 radical (unpaired) electrons. The Hall–Kier alpha value is -2.54. The molecule has 1 aliphatic heterocycles. The van der Waals surface area contributed by atoms with Crippen molar-refractivity contribution in [1.82, 2.24) is 5.43 Å². The maximum Gasteiger partial charge on any atom is 0.271 e. The Bertz CT molecular complexity index is 1160. The number of halogens is 3. The normalized spacial score (nSPS) is 13.5. The Kier molecular flexibility index (Phi) is 7.91. The predicted octanol–water partition coefficient (Wildman–Crippen LogP) is 6.70. The zero-order valence-corrected chi connectivity index (χ0v) is 20.8. The number of nitrogens with zero attached hydrogens (tertiary/aromatic N) is 2. The molecule has 0 unspecified atom stereocenters. The number of amides is 1. The minimum absolute atomic E-state index is 0.271. The van der Waals surface area contributed by atoms with E-state index in [1.54, 1.807) is 18.3 Å². The van der Waals surface area contributed by atoms with Crippen molar-refractivity contribution in [2.24, 2.45) is 5.10 Å². The maximum absolute atomic E-state index is 12.5. The molecule has 0 atom stereocenters. The second-order valence-corrected chi connectivity index (χ2v) is 9.39. The molecule has 0 spiro atoms. The van der Waals surface area contributed by atoms with Crippen LogP contribution >= 0.6 is 39.1 Å². The summed E-state index contributed by atoms with van der Waals surface area (Å²) in [6, 6.07) is 18.5. The van der Waals surface area contributed by atoms with Gasteiger partial charge >= 0.3 is 0 Å². The van der Waals surface area contributed by atoms with E-state index in [2.05, 4.69) is 31.4 Å². The molecule has 1 fully saturated rings. The number of benzene rings is 3. The van der Waals surface area contributed by atoms with Gasteiger partial charge in [-0.3, -0.25) is 4.79 Å². The molecule has 0 saturated carbocycles. The van der Waals surface area contributed by atoms with Crippen LogP contribution in [0.1, 0.15) is 34.3 Å². The number of ether oxygens (including phenoxy) is 1. The van der Waals surface area contributed by atoms with E-state index in [4.69, 9.17) is 27.9 Å². The summed E-state index contributed by atoms with van der Waals surface area (Å²) in [6.45, 7) is 2.45. The lowest BCUT2D eigenvalue weighted by Gasteiger charge is -2.17. The van der Waals surface area contributed by atoms with Crippen LogP contribution in [0.5, 0.6) is 5.75 Å². The molecule has 5 nitrogen and oxygen atoms in total. The average Bonchev–Trinajstić information content (AvgIpc) is 3.36. The van der Waals surface area contributed by atoms with Crippen molar-refractivity contribution in [2.45, 2.75) is 19.4 Å². The highest BCUT2D eigenvalue weighted by Crippen LogP contribution is 2.26. The minimum atomic E-state index is -0.271. The molecule has 1 saturated heterocycles. The molecule has 1 N–H and O–H groups in total. The second kappa shape index (κ2) is 11.1. The maximum atomic E-state index is 12.5. The minimum Gasteiger partial charge on any atom is -0.488 e. The molecule has 3 aromatic carbocycles. The number of carbonyl (C=O) groups excluding carboxylic acids is 1.